The van der Waals surface area contributed by atoms with E-state index in [9.17, 15) is 13.2 Å². The molecule has 2 aromatic rings. The van der Waals surface area contributed by atoms with E-state index in [1.54, 1.807) is 43.3 Å². The van der Waals surface area contributed by atoms with E-state index in [2.05, 4.69) is 10.5 Å². The van der Waals surface area contributed by atoms with Crippen molar-refractivity contribution in [1.29, 1.82) is 0 Å². The molecule has 0 bridgehead atoms. The fourth-order valence-electron chi connectivity index (χ4n) is 3.07. The zero-order chi connectivity index (χ0) is 20.1. The van der Waals surface area contributed by atoms with Crippen LogP contribution in [0, 0.1) is 6.92 Å². The molecule has 0 aliphatic heterocycles. The summed E-state index contributed by atoms with van der Waals surface area (Å²) in [5.74, 6) is -0.502. The van der Waals surface area contributed by atoms with Crippen LogP contribution in [-0.4, -0.2) is 26.6 Å². The molecule has 2 aromatic carbocycles. The minimum absolute atomic E-state index is 0.101. The predicted octanol–water partition coefficient (Wildman–Crippen LogP) is 3.89. The Kier molecular flexibility index (Phi) is 6.36. The second kappa shape index (κ2) is 8.75. The van der Waals surface area contributed by atoms with Crippen LogP contribution in [0.3, 0.4) is 0 Å². The average molecular weight is 420 g/mol. The summed E-state index contributed by atoms with van der Waals surface area (Å²) in [5, 5.41) is 4.52. The lowest BCUT2D eigenvalue weighted by Gasteiger charge is -2.25. The number of rotatable bonds is 6. The SMILES string of the molecule is Cc1ccc(Cl)cc1N(CC(=O)NN=C1CCCC1)S(=O)(=O)c1ccccc1. The average Bonchev–Trinajstić information content (AvgIpc) is 3.21. The van der Waals surface area contributed by atoms with Gasteiger partial charge in [0.15, 0.2) is 0 Å². The Morgan fingerprint density at radius 1 is 1.14 bits per heavy atom. The topological polar surface area (TPSA) is 78.8 Å². The quantitative estimate of drug-likeness (QED) is 0.721. The van der Waals surface area contributed by atoms with E-state index in [1.807, 2.05) is 0 Å². The highest BCUT2D eigenvalue weighted by molar-refractivity contribution is 7.92. The van der Waals surface area contributed by atoms with Crippen LogP contribution < -0.4 is 9.73 Å². The highest BCUT2D eigenvalue weighted by Crippen LogP contribution is 2.29. The van der Waals surface area contributed by atoms with E-state index in [1.165, 1.54) is 12.1 Å². The van der Waals surface area contributed by atoms with Crippen LogP contribution in [0.4, 0.5) is 5.69 Å². The molecule has 1 fully saturated rings. The van der Waals surface area contributed by atoms with E-state index in [0.717, 1.165) is 35.7 Å². The Bertz CT molecular complexity index is 983. The Hall–Kier alpha value is -2.38. The van der Waals surface area contributed by atoms with Gasteiger partial charge in [-0.1, -0.05) is 35.9 Å². The van der Waals surface area contributed by atoms with Crippen molar-refractivity contribution in [2.45, 2.75) is 37.5 Å². The maximum atomic E-state index is 13.3. The Morgan fingerprint density at radius 3 is 2.50 bits per heavy atom. The number of aryl methyl sites for hydroxylation is 1. The molecule has 6 nitrogen and oxygen atoms in total. The van der Waals surface area contributed by atoms with Crippen LogP contribution in [0.1, 0.15) is 31.2 Å². The fraction of sp³-hybridized carbons (Fsp3) is 0.300. The molecule has 1 amide bonds. The zero-order valence-electron chi connectivity index (χ0n) is 15.6. The summed E-state index contributed by atoms with van der Waals surface area (Å²) in [6.45, 7) is 1.38. The van der Waals surface area contributed by atoms with Crippen molar-refractivity contribution in [3.63, 3.8) is 0 Å². The van der Waals surface area contributed by atoms with Gasteiger partial charge in [-0.2, -0.15) is 5.10 Å². The molecule has 0 atom stereocenters. The number of benzene rings is 2. The second-order valence-corrected chi connectivity index (χ2v) is 8.97. The molecule has 0 unspecified atom stereocenters. The van der Waals surface area contributed by atoms with E-state index >= 15 is 0 Å². The van der Waals surface area contributed by atoms with Crippen molar-refractivity contribution >= 4 is 38.9 Å². The lowest BCUT2D eigenvalue weighted by atomic mass is 10.2. The molecule has 1 aliphatic rings. The molecule has 8 heteroatoms. The smallest absolute Gasteiger partial charge is 0.264 e. The van der Waals surface area contributed by atoms with Gasteiger partial charge < -0.3 is 0 Å². The number of carbonyl (C=O) groups is 1. The van der Waals surface area contributed by atoms with Gasteiger partial charge in [0.05, 0.1) is 10.6 Å². The molecule has 28 heavy (non-hydrogen) atoms. The highest BCUT2D eigenvalue weighted by atomic mass is 35.5. The van der Waals surface area contributed by atoms with Gasteiger partial charge in [0.2, 0.25) is 0 Å². The summed E-state index contributed by atoms with van der Waals surface area (Å²) in [6, 6.07) is 13.0. The van der Waals surface area contributed by atoms with Gasteiger partial charge in [-0.25, -0.2) is 13.8 Å². The van der Waals surface area contributed by atoms with Gasteiger partial charge in [-0.05, 0) is 62.4 Å². The zero-order valence-corrected chi connectivity index (χ0v) is 17.1. The first-order valence-electron chi connectivity index (χ1n) is 9.06. The first kappa shape index (κ1) is 20.4. The number of carbonyl (C=O) groups excluding carboxylic acids is 1. The first-order chi connectivity index (χ1) is 13.4. The third kappa shape index (κ3) is 4.72. The first-order valence-corrected chi connectivity index (χ1v) is 10.9. The van der Waals surface area contributed by atoms with Crippen molar-refractivity contribution < 1.29 is 13.2 Å². The highest BCUT2D eigenvalue weighted by Gasteiger charge is 2.28. The van der Waals surface area contributed by atoms with E-state index in [0.29, 0.717) is 16.3 Å². The number of hydrogen-bond acceptors (Lipinski definition) is 4. The summed E-state index contributed by atoms with van der Waals surface area (Å²) >= 11 is 6.10. The maximum absolute atomic E-state index is 13.3. The largest absolute Gasteiger partial charge is 0.271 e. The molecule has 0 radical (unpaired) electrons. The minimum Gasteiger partial charge on any atom is -0.271 e. The molecule has 1 N–H and O–H groups in total. The molecule has 3 rings (SSSR count). The molecule has 1 saturated carbocycles. The minimum atomic E-state index is -3.96. The van der Waals surface area contributed by atoms with Crippen LogP contribution in [0.25, 0.3) is 0 Å². The summed E-state index contributed by atoms with van der Waals surface area (Å²) in [5.41, 5.74) is 4.48. The number of nitrogens with zero attached hydrogens (tertiary/aromatic N) is 2. The Labute approximate surface area is 170 Å². The van der Waals surface area contributed by atoms with Gasteiger partial charge in [-0.3, -0.25) is 9.10 Å². The number of hydrogen-bond donors (Lipinski definition) is 1. The molecule has 1 aliphatic carbocycles. The number of nitrogens with one attached hydrogen (secondary N) is 1. The number of anilines is 1. The summed E-state index contributed by atoms with van der Waals surface area (Å²) in [7, 11) is -3.96. The fourth-order valence-corrected chi connectivity index (χ4v) is 4.74. The predicted molar refractivity (Wildman–Crippen MR) is 111 cm³/mol. The second-order valence-electron chi connectivity index (χ2n) is 6.68. The molecule has 148 valence electrons. The standard InChI is InChI=1S/C20H22ClN3O3S/c1-15-11-12-16(21)13-19(15)24(28(26,27)18-9-3-2-4-10-18)14-20(25)23-22-17-7-5-6-8-17/h2-4,9-13H,5-8,14H2,1H3,(H,23,25). The van der Waals surface area contributed by atoms with Gasteiger partial charge in [0.1, 0.15) is 6.54 Å². The Morgan fingerprint density at radius 2 is 1.82 bits per heavy atom. The summed E-state index contributed by atoms with van der Waals surface area (Å²) < 4.78 is 27.6. The molecular formula is C20H22ClN3O3S. The molecule has 0 heterocycles. The molecule has 0 aromatic heterocycles. The van der Waals surface area contributed by atoms with Gasteiger partial charge in [0, 0.05) is 10.7 Å². The summed E-state index contributed by atoms with van der Waals surface area (Å²) in [4.78, 5) is 12.6. The van der Waals surface area contributed by atoms with Gasteiger partial charge in [0.25, 0.3) is 15.9 Å². The van der Waals surface area contributed by atoms with Crippen LogP contribution in [0.2, 0.25) is 5.02 Å². The third-order valence-corrected chi connectivity index (χ3v) is 6.59. The van der Waals surface area contributed by atoms with E-state index in [4.69, 9.17) is 11.6 Å². The number of halogens is 1. The van der Waals surface area contributed by atoms with Crippen LogP contribution in [0.5, 0.6) is 0 Å². The van der Waals surface area contributed by atoms with Gasteiger partial charge >= 0.3 is 0 Å². The third-order valence-electron chi connectivity index (χ3n) is 4.58. The monoisotopic (exact) mass is 419 g/mol. The molecule has 0 saturated heterocycles. The van der Waals surface area contributed by atoms with E-state index < -0.39 is 22.5 Å². The lowest BCUT2D eigenvalue weighted by molar-refractivity contribution is -0.119. The molecule has 0 spiro atoms. The van der Waals surface area contributed by atoms with Crippen LogP contribution in [-0.2, 0) is 14.8 Å². The molecular weight excluding hydrogens is 398 g/mol. The van der Waals surface area contributed by atoms with Crippen molar-refractivity contribution in [3.8, 4) is 0 Å². The van der Waals surface area contributed by atoms with Crippen molar-refractivity contribution in [1.82, 2.24) is 5.43 Å². The normalized spacial score (nSPS) is 14.0. The number of sulfonamides is 1. The van der Waals surface area contributed by atoms with Gasteiger partial charge in [-0.15, -0.1) is 0 Å². The van der Waals surface area contributed by atoms with Crippen LogP contribution >= 0.6 is 11.6 Å². The van der Waals surface area contributed by atoms with Crippen molar-refractivity contribution in [2.75, 3.05) is 10.8 Å². The van der Waals surface area contributed by atoms with Crippen molar-refractivity contribution in [3.05, 3.63) is 59.1 Å². The maximum Gasteiger partial charge on any atom is 0.264 e. The van der Waals surface area contributed by atoms with Crippen molar-refractivity contribution in [2.24, 2.45) is 5.10 Å². The lowest BCUT2D eigenvalue weighted by Crippen LogP contribution is -2.40. The van der Waals surface area contributed by atoms with E-state index in [-0.39, 0.29) is 4.90 Å². The number of amides is 1. The summed E-state index contributed by atoms with van der Waals surface area (Å²) in [6.07, 6.45) is 3.84. The Balaban J connectivity index is 1.94. The number of hydrazone groups is 1. The van der Waals surface area contributed by atoms with Crippen LogP contribution in [0.15, 0.2) is 58.5 Å².